The quantitative estimate of drug-likeness (QED) is 0.0608. The van der Waals surface area contributed by atoms with Crippen molar-refractivity contribution in [2.45, 2.75) is 120 Å². The summed E-state index contributed by atoms with van der Waals surface area (Å²) in [5, 5.41) is 87.4. The predicted octanol–water partition coefficient (Wildman–Crippen LogP) is 3.29. The summed E-state index contributed by atoms with van der Waals surface area (Å²) in [6, 6.07) is 18.0. The van der Waals surface area contributed by atoms with Gasteiger partial charge >= 0.3 is 12.1 Å². The molecule has 2 aromatic heterocycles. The number of carbonyl (C=O) groups excluding carboxylic acids is 5. The minimum absolute atomic E-state index is 0.00364. The van der Waals surface area contributed by atoms with E-state index in [1.807, 2.05) is 19.1 Å². The standard InChI is InChI=1S/C59H62N8O17S/c1-57-16-14-35(69)22-33(57)11-12-36-37-23-43-59(42(71)26-68,58(37,2)24-39(70)47(36)57)84-54(82-43)41-25-61-46(85-41)21-30-4-3-5-34(18-30)64-56(79)80-27-31-8-13-40(81-55-50(76)48(74)49(75)51(83-55)53(77)78)38(19-31)65-44(72)15-17-60-45(73)20-29-6-9-32(10-7-29)52-66-62-28-63-67-52/h3-10,13-14,16,18-19,22,25,28,36-37,39,43,47-51,54-55,68,70,74-76H,11-12,15,17,20-21,23-24,26-27H2,1-2H3,(H,60,73)(H,64,79)(H,65,72)(H,77,78)/t36-,37-,39-,43+,47+,48-,49-,50+,51-,54+,55+,57-,58-,59+/m0/s1. The number of hydrogen-bond acceptors (Lipinski definition) is 22. The van der Waals surface area contributed by atoms with Gasteiger partial charge in [0.1, 0.15) is 37.3 Å². The molecule has 9 N–H and O–H groups in total. The van der Waals surface area contributed by atoms with Crippen LogP contribution in [-0.4, -0.2) is 153 Å². The zero-order valence-electron chi connectivity index (χ0n) is 46.0. The largest absolute Gasteiger partial charge is 0.479 e. The highest BCUT2D eigenvalue weighted by Crippen LogP contribution is 2.70. The van der Waals surface area contributed by atoms with E-state index in [-0.39, 0.29) is 73.3 Å². The summed E-state index contributed by atoms with van der Waals surface area (Å²) in [5.41, 5.74) is 0.877. The van der Waals surface area contributed by atoms with E-state index < -0.39 is 96.0 Å². The van der Waals surface area contributed by atoms with E-state index in [0.29, 0.717) is 57.3 Å². The highest BCUT2D eigenvalue weighted by molar-refractivity contribution is 7.11. The minimum Gasteiger partial charge on any atom is -0.479 e. The summed E-state index contributed by atoms with van der Waals surface area (Å²) in [4.78, 5) is 83.0. The highest BCUT2D eigenvalue weighted by atomic mass is 32.1. The Morgan fingerprint density at radius 3 is 2.42 bits per heavy atom. The molecule has 6 aliphatic rings. The van der Waals surface area contributed by atoms with Crippen molar-refractivity contribution in [3.05, 3.63) is 130 Å². The second kappa shape index (κ2) is 23.9. The number of anilines is 2. The number of carbonyl (C=O) groups is 6. The first-order chi connectivity index (χ1) is 40.8. The van der Waals surface area contributed by atoms with E-state index in [1.165, 1.54) is 35.9 Å². The van der Waals surface area contributed by atoms with E-state index in [4.69, 9.17) is 23.7 Å². The fourth-order valence-corrected chi connectivity index (χ4v) is 14.5. The van der Waals surface area contributed by atoms with Gasteiger partial charge in [0.25, 0.3) is 0 Å². The number of fused-ring (bicyclic) bond motifs is 7. The number of allylic oxidation sites excluding steroid dienone is 4. The van der Waals surface area contributed by atoms with Gasteiger partial charge in [0.05, 0.1) is 34.2 Å². The molecule has 446 valence electrons. The van der Waals surface area contributed by atoms with Gasteiger partial charge < -0.3 is 65.0 Å². The van der Waals surface area contributed by atoms with E-state index in [9.17, 15) is 59.4 Å². The van der Waals surface area contributed by atoms with Crippen molar-refractivity contribution >= 4 is 58.2 Å². The van der Waals surface area contributed by atoms with Gasteiger partial charge in [-0.25, -0.2) is 14.6 Å². The molecule has 0 radical (unpaired) electrons. The maximum atomic E-state index is 14.1. The van der Waals surface area contributed by atoms with Gasteiger partial charge in [0.15, 0.2) is 35.9 Å². The Labute approximate surface area is 489 Å². The molecule has 3 saturated carbocycles. The molecule has 26 heteroatoms. The summed E-state index contributed by atoms with van der Waals surface area (Å²) in [6.45, 7) is 2.87. The molecule has 25 nitrogen and oxygen atoms in total. The number of nitrogens with one attached hydrogen (secondary N) is 3. The van der Waals surface area contributed by atoms with Crippen molar-refractivity contribution in [2.75, 3.05) is 23.8 Å². The van der Waals surface area contributed by atoms with Crippen LogP contribution in [-0.2, 0) is 62.4 Å². The number of rotatable bonds is 18. The third-order valence-corrected chi connectivity index (χ3v) is 18.5. The van der Waals surface area contributed by atoms with Crippen LogP contribution in [0.5, 0.6) is 5.75 Å². The van der Waals surface area contributed by atoms with Gasteiger partial charge in [-0.1, -0.05) is 68.0 Å². The van der Waals surface area contributed by atoms with E-state index >= 15 is 0 Å². The Balaban J connectivity index is 0.711. The minimum atomic E-state index is -1.99. The van der Waals surface area contributed by atoms with Crippen LogP contribution in [0.4, 0.5) is 16.2 Å². The van der Waals surface area contributed by atoms with Crippen molar-refractivity contribution in [1.29, 1.82) is 0 Å². The Morgan fingerprint density at radius 1 is 0.882 bits per heavy atom. The average Bonchev–Trinajstić information content (AvgIpc) is 1.56. The van der Waals surface area contributed by atoms with Crippen LogP contribution in [0.3, 0.4) is 0 Å². The lowest BCUT2D eigenvalue weighted by molar-refractivity contribution is -0.271. The van der Waals surface area contributed by atoms with Crippen LogP contribution in [0.15, 0.2) is 103 Å². The number of thiazole rings is 1. The van der Waals surface area contributed by atoms with Gasteiger partial charge in [0, 0.05) is 53.6 Å². The molecule has 0 unspecified atom stereocenters. The van der Waals surface area contributed by atoms with Gasteiger partial charge in [-0.05, 0) is 90.6 Å². The maximum absolute atomic E-state index is 14.1. The number of ether oxygens (including phenoxy) is 5. The van der Waals surface area contributed by atoms with Crippen molar-refractivity contribution in [3.63, 3.8) is 0 Å². The van der Waals surface area contributed by atoms with Gasteiger partial charge in [-0.3, -0.25) is 24.5 Å². The van der Waals surface area contributed by atoms with Crippen LogP contribution >= 0.6 is 11.3 Å². The summed E-state index contributed by atoms with van der Waals surface area (Å²) in [5.74, 6) is -3.26. The molecular formula is C59H62N8O17S. The number of aliphatic carboxylic acids is 1. The fourth-order valence-electron chi connectivity index (χ4n) is 13.6. The second-order valence-corrected chi connectivity index (χ2v) is 23.8. The summed E-state index contributed by atoms with van der Waals surface area (Å²) in [7, 11) is 0. The number of ketones is 2. The SMILES string of the molecule is C[C@]12C=CC(=O)C=C1CC[C@@H]1[C@@H]2[C@@H](O)C[C@@]2(C)[C@H]1C[C@H]1O[C@@H](c3cnc(Cc4cccc(NC(=O)OCc5ccc(O[C@@H]6O[C@H](C(=O)O)[C@@H](O)[C@H](O)[C@H]6O)c(NC(=O)CCNC(=O)Cc6ccc(-c7nncnn7)cc6)c5)c4)s3)O[C@]12C(=O)CO. The predicted molar refractivity (Wildman–Crippen MR) is 296 cm³/mol. The van der Waals surface area contributed by atoms with Crippen molar-refractivity contribution in [2.24, 2.45) is 28.6 Å². The number of aliphatic hydroxyl groups is 5. The molecule has 11 rings (SSSR count). The number of carboxylic acids is 1. The molecule has 85 heavy (non-hydrogen) atoms. The smallest absolute Gasteiger partial charge is 0.411 e. The van der Waals surface area contributed by atoms with Crippen LogP contribution in [0, 0.1) is 28.6 Å². The third kappa shape index (κ3) is 11.5. The Hall–Kier alpha value is -7.79. The molecule has 0 bridgehead atoms. The lowest BCUT2D eigenvalue weighted by atomic mass is 9.46. The zero-order chi connectivity index (χ0) is 60.0. The molecule has 3 amide bonds. The average molecular weight is 1190 g/mol. The second-order valence-electron chi connectivity index (χ2n) is 22.6. The van der Waals surface area contributed by atoms with Crippen LogP contribution in [0.1, 0.15) is 78.8 Å². The molecule has 2 aliphatic heterocycles. The molecule has 4 heterocycles. The molecule has 14 atom stereocenters. The number of aliphatic hydroxyl groups excluding tert-OH is 5. The Bertz CT molecular complexity index is 3460. The fraction of sp³-hybridized carbons (Fsp3) is 0.441. The van der Waals surface area contributed by atoms with Crippen LogP contribution < -0.4 is 20.7 Å². The Morgan fingerprint density at radius 2 is 1.66 bits per heavy atom. The number of benzene rings is 3. The molecule has 3 aromatic carbocycles. The van der Waals surface area contributed by atoms with E-state index in [2.05, 4.69) is 48.3 Å². The lowest BCUT2D eigenvalue weighted by Crippen LogP contribution is -2.63. The van der Waals surface area contributed by atoms with E-state index in [1.54, 1.807) is 60.8 Å². The lowest BCUT2D eigenvalue weighted by Gasteiger charge is -2.59. The normalized spacial score (nSPS) is 30.8. The molecule has 5 fully saturated rings. The molecular weight excluding hydrogens is 1120 g/mol. The summed E-state index contributed by atoms with van der Waals surface area (Å²) in [6.07, 6.45) is -2.70. The number of aromatic nitrogens is 5. The number of nitrogens with zero attached hydrogens (tertiary/aromatic N) is 5. The van der Waals surface area contributed by atoms with Crippen molar-refractivity contribution in [1.82, 2.24) is 30.7 Å². The Kier molecular flexibility index (Phi) is 16.6. The summed E-state index contributed by atoms with van der Waals surface area (Å²) < 4.78 is 30.1. The van der Waals surface area contributed by atoms with Crippen LogP contribution in [0.2, 0.25) is 0 Å². The number of Topliss-reactive ketones (excluding diaryl/α,β-unsaturated/α-hetero) is 1. The molecule has 5 aromatic rings. The number of carboxylic acid groups (broad SMARTS) is 1. The topological polar surface area (TPSA) is 370 Å². The van der Waals surface area contributed by atoms with Gasteiger partial charge in [-0.2, -0.15) is 0 Å². The first-order valence-electron chi connectivity index (χ1n) is 27.7. The first-order valence-corrected chi connectivity index (χ1v) is 28.5. The van der Waals surface area contributed by atoms with Crippen molar-refractivity contribution < 1.29 is 83.1 Å². The number of amides is 3. The van der Waals surface area contributed by atoms with Gasteiger partial charge in [0.2, 0.25) is 23.9 Å². The third-order valence-electron chi connectivity index (χ3n) is 17.5. The van der Waals surface area contributed by atoms with Gasteiger partial charge in [-0.15, -0.1) is 31.7 Å². The summed E-state index contributed by atoms with van der Waals surface area (Å²) >= 11 is 1.33. The monoisotopic (exact) mass is 1190 g/mol. The van der Waals surface area contributed by atoms with E-state index in [0.717, 1.165) is 17.6 Å². The number of hydrogen-bond donors (Lipinski definition) is 9. The first kappa shape index (κ1) is 59.0. The van der Waals surface area contributed by atoms with Crippen molar-refractivity contribution in [3.8, 4) is 17.1 Å². The molecule has 2 saturated heterocycles. The molecule has 4 aliphatic carbocycles. The zero-order valence-corrected chi connectivity index (χ0v) is 46.8. The van der Waals surface area contributed by atoms with Crippen LogP contribution in [0.25, 0.3) is 11.4 Å². The maximum Gasteiger partial charge on any atom is 0.411 e. The molecule has 0 spiro atoms. The highest BCUT2D eigenvalue weighted by Gasteiger charge is 2.76.